The Kier molecular flexibility index (Phi) is 3.45. The molecule has 0 unspecified atom stereocenters. The first-order valence-corrected chi connectivity index (χ1v) is 4.03. The van der Waals surface area contributed by atoms with E-state index in [0.717, 1.165) is 6.08 Å². The number of carbonyl (C=O) groups excluding carboxylic acids is 1. The SMILES string of the molecule is COc1ccccc1C(=O)/C=C/C#N. The Labute approximate surface area is 82.2 Å². The highest BCUT2D eigenvalue weighted by Crippen LogP contribution is 2.17. The predicted octanol–water partition coefficient (Wildman–Crippen LogP) is 1.96. The van der Waals surface area contributed by atoms with E-state index < -0.39 is 0 Å². The predicted molar refractivity (Wildman–Crippen MR) is 52.1 cm³/mol. The summed E-state index contributed by atoms with van der Waals surface area (Å²) in [7, 11) is 1.50. The number of carbonyl (C=O) groups is 1. The molecule has 0 atom stereocenters. The van der Waals surface area contributed by atoms with Crippen molar-refractivity contribution in [1.82, 2.24) is 0 Å². The molecule has 14 heavy (non-hydrogen) atoms. The second-order valence-electron chi connectivity index (χ2n) is 2.53. The molecule has 0 aliphatic carbocycles. The maximum absolute atomic E-state index is 11.5. The minimum absolute atomic E-state index is 0.232. The molecule has 3 nitrogen and oxygen atoms in total. The van der Waals surface area contributed by atoms with Crippen LogP contribution in [0.5, 0.6) is 5.75 Å². The Morgan fingerprint density at radius 1 is 1.50 bits per heavy atom. The molecule has 0 aromatic heterocycles. The van der Waals surface area contributed by atoms with Crippen molar-refractivity contribution in [3.05, 3.63) is 42.0 Å². The number of nitrogens with zero attached hydrogens (tertiary/aromatic N) is 1. The largest absolute Gasteiger partial charge is 0.496 e. The van der Waals surface area contributed by atoms with E-state index >= 15 is 0 Å². The van der Waals surface area contributed by atoms with E-state index in [0.29, 0.717) is 11.3 Å². The zero-order chi connectivity index (χ0) is 10.4. The number of ether oxygens (including phenoxy) is 1. The van der Waals surface area contributed by atoms with E-state index in [1.54, 1.807) is 30.3 Å². The molecule has 0 radical (unpaired) electrons. The third-order valence-corrected chi connectivity index (χ3v) is 1.68. The number of hydrogen-bond donors (Lipinski definition) is 0. The molecule has 0 amide bonds. The molecule has 0 spiro atoms. The number of ketones is 1. The number of methoxy groups -OCH3 is 1. The zero-order valence-electron chi connectivity index (χ0n) is 7.73. The van der Waals surface area contributed by atoms with E-state index in [1.165, 1.54) is 13.2 Å². The summed E-state index contributed by atoms with van der Waals surface area (Å²) in [6, 6.07) is 8.65. The summed E-state index contributed by atoms with van der Waals surface area (Å²) in [6.45, 7) is 0. The number of para-hydroxylation sites is 1. The summed E-state index contributed by atoms with van der Waals surface area (Å²) < 4.78 is 5.01. The van der Waals surface area contributed by atoms with Gasteiger partial charge in [0.05, 0.1) is 18.7 Å². The highest BCUT2D eigenvalue weighted by Gasteiger charge is 2.07. The second kappa shape index (κ2) is 4.83. The Bertz CT molecular complexity index is 402. The third kappa shape index (κ3) is 2.20. The zero-order valence-corrected chi connectivity index (χ0v) is 7.73. The quantitative estimate of drug-likeness (QED) is 0.413. The number of hydrogen-bond acceptors (Lipinski definition) is 3. The molecular formula is C11H9NO2. The van der Waals surface area contributed by atoms with E-state index in [9.17, 15) is 4.79 Å². The highest BCUT2D eigenvalue weighted by atomic mass is 16.5. The first kappa shape index (κ1) is 10.0. The van der Waals surface area contributed by atoms with Crippen LogP contribution in [0.25, 0.3) is 0 Å². The first-order valence-electron chi connectivity index (χ1n) is 4.03. The molecule has 1 aromatic carbocycles. The van der Waals surface area contributed by atoms with Crippen LogP contribution in [0.15, 0.2) is 36.4 Å². The second-order valence-corrected chi connectivity index (χ2v) is 2.53. The van der Waals surface area contributed by atoms with Crippen molar-refractivity contribution in [2.24, 2.45) is 0 Å². The number of allylic oxidation sites excluding steroid dienone is 2. The molecular weight excluding hydrogens is 178 g/mol. The van der Waals surface area contributed by atoms with Crippen LogP contribution in [0.2, 0.25) is 0 Å². The van der Waals surface area contributed by atoms with E-state index in [4.69, 9.17) is 10.00 Å². The molecule has 0 heterocycles. The molecule has 70 valence electrons. The monoisotopic (exact) mass is 187 g/mol. The van der Waals surface area contributed by atoms with Crippen LogP contribution in [0.1, 0.15) is 10.4 Å². The number of benzene rings is 1. The van der Waals surface area contributed by atoms with Crippen LogP contribution in [0.3, 0.4) is 0 Å². The van der Waals surface area contributed by atoms with Crippen molar-refractivity contribution in [3.63, 3.8) is 0 Å². The van der Waals surface area contributed by atoms with Crippen molar-refractivity contribution >= 4 is 5.78 Å². The van der Waals surface area contributed by atoms with Gasteiger partial charge in [-0.1, -0.05) is 12.1 Å². The smallest absolute Gasteiger partial charge is 0.190 e. The third-order valence-electron chi connectivity index (χ3n) is 1.68. The molecule has 1 rings (SSSR count). The van der Waals surface area contributed by atoms with Crippen LogP contribution in [-0.2, 0) is 0 Å². The van der Waals surface area contributed by atoms with Gasteiger partial charge in [0.15, 0.2) is 5.78 Å². The summed E-state index contributed by atoms with van der Waals surface area (Å²) >= 11 is 0. The van der Waals surface area contributed by atoms with Crippen molar-refractivity contribution in [2.45, 2.75) is 0 Å². The van der Waals surface area contributed by atoms with Gasteiger partial charge >= 0.3 is 0 Å². The van der Waals surface area contributed by atoms with Gasteiger partial charge in [0.1, 0.15) is 5.75 Å². The number of nitriles is 1. The van der Waals surface area contributed by atoms with Crippen molar-refractivity contribution in [2.75, 3.05) is 7.11 Å². The van der Waals surface area contributed by atoms with Crippen LogP contribution in [0.4, 0.5) is 0 Å². The summed E-state index contributed by atoms with van der Waals surface area (Å²) in [5.41, 5.74) is 0.460. The topological polar surface area (TPSA) is 50.1 Å². The number of rotatable bonds is 3. The normalized spacial score (nSPS) is 9.71. The van der Waals surface area contributed by atoms with Gasteiger partial charge in [-0.05, 0) is 18.2 Å². The van der Waals surface area contributed by atoms with Crippen molar-refractivity contribution in [3.8, 4) is 11.8 Å². The summed E-state index contributed by atoms with van der Waals surface area (Å²) in [5.74, 6) is 0.282. The Hall–Kier alpha value is -2.08. The highest BCUT2D eigenvalue weighted by molar-refractivity contribution is 6.06. The lowest BCUT2D eigenvalue weighted by atomic mass is 10.1. The molecule has 0 N–H and O–H groups in total. The first-order chi connectivity index (χ1) is 6.79. The minimum Gasteiger partial charge on any atom is -0.496 e. The average molecular weight is 187 g/mol. The van der Waals surface area contributed by atoms with Gasteiger partial charge < -0.3 is 4.74 Å². The standard InChI is InChI=1S/C11H9NO2/c1-14-11-7-3-2-5-9(11)10(13)6-4-8-12/h2-7H,1H3/b6-4+. The van der Waals surface area contributed by atoms with Crippen LogP contribution >= 0.6 is 0 Å². The Morgan fingerprint density at radius 2 is 2.21 bits per heavy atom. The molecule has 3 heteroatoms. The van der Waals surface area contributed by atoms with Crippen LogP contribution < -0.4 is 4.74 Å². The van der Waals surface area contributed by atoms with Gasteiger partial charge in [-0.25, -0.2) is 0 Å². The van der Waals surface area contributed by atoms with Gasteiger partial charge in [0.2, 0.25) is 0 Å². The fourth-order valence-corrected chi connectivity index (χ4v) is 1.05. The average Bonchev–Trinajstić information content (AvgIpc) is 2.25. The fraction of sp³-hybridized carbons (Fsp3) is 0.0909. The van der Waals surface area contributed by atoms with Gasteiger partial charge in [-0.15, -0.1) is 0 Å². The maximum atomic E-state index is 11.5. The molecule has 0 aliphatic rings. The maximum Gasteiger partial charge on any atom is 0.190 e. The molecule has 1 aromatic rings. The Balaban J connectivity index is 3.01. The summed E-state index contributed by atoms with van der Waals surface area (Å²) in [6.07, 6.45) is 2.37. The van der Waals surface area contributed by atoms with Gasteiger partial charge in [-0.3, -0.25) is 4.79 Å². The lowest BCUT2D eigenvalue weighted by Crippen LogP contribution is -1.98. The van der Waals surface area contributed by atoms with Gasteiger partial charge in [-0.2, -0.15) is 5.26 Å². The summed E-state index contributed by atoms with van der Waals surface area (Å²) in [5, 5.41) is 8.27. The van der Waals surface area contributed by atoms with Crippen LogP contribution in [0, 0.1) is 11.3 Å². The fourth-order valence-electron chi connectivity index (χ4n) is 1.05. The molecule has 0 bridgehead atoms. The molecule has 0 fully saturated rings. The Morgan fingerprint density at radius 3 is 2.86 bits per heavy atom. The van der Waals surface area contributed by atoms with Crippen molar-refractivity contribution < 1.29 is 9.53 Å². The molecule has 0 saturated carbocycles. The van der Waals surface area contributed by atoms with Crippen LogP contribution in [-0.4, -0.2) is 12.9 Å². The lowest BCUT2D eigenvalue weighted by molar-refractivity contribution is 0.104. The summed E-state index contributed by atoms with van der Waals surface area (Å²) in [4.78, 5) is 11.5. The molecule has 0 aliphatic heterocycles. The van der Waals surface area contributed by atoms with Crippen molar-refractivity contribution in [1.29, 1.82) is 5.26 Å². The molecule has 0 saturated heterocycles. The van der Waals surface area contributed by atoms with E-state index in [1.807, 2.05) is 0 Å². The lowest BCUT2D eigenvalue weighted by Gasteiger charge is -2.03. The van der Waals surface area contributed by atoms with Gasteiger partial charge in [0, 0.05) is 6.08 Å². The van der Waals surface area contributed by atoms with E-state index in [-0.39, 0.29) is 5.78 Å². The van der Waals surface area contributed by atoms with Gasteiger partial charge in [0.25, 0.3) is 0 Å². The minimum atomic E-state index is -0.232. The van der Waals surface area contributed by atoms with E-state index in [2.05, 4.69) is 0 Å².